The molecule has 0 aromatic heterocycles. The van der Waals surface area contributed by atoms with Crippen LogP contribution in [0.1, 0.15) is 345 Å². The highest BCUT2D eigenvalue weighted by Gasteiger charge is 2.47. The lowest BCUT2D eigenvalue weighted by molar-refractivity contribution is -0.161. The molecular weight excluding hydrogens is 1130 g/mol. The Morgan fingerprint density at radius 1 is 0.326 bits per heavy atom. The molecule has 0 heterocycles. The Morgan fingerprint density at radius 2 is 0.533 bits per heavy atom. The lowest BCUT2D eigenvalue weighted by Crippen LogP contribution is -2.39. The summed E-state index contributed by atoms with van der Waals surface area (Å²) in [4.78, 5) is 26.2. The number of ether oxygens (including phenoxy) is 4. The van der Waals surface area contributed by atoms with E-state index in [0.717, 1.165) is 185 Å². The van der Waals surface area contributed by atoms with Crippen molar-refractivity contribution in [2.75, 3.05) is 13.2 Å². The predicted molar refractivity (Wildman–Crippen MR) is 381 cm³/mol. The molecule has 10 rings (SSSR count). The van der Waals surface area contributed by atoms with Gasteiger partial charge in [0, 0.05) is 25.4 Å². The number of unbranched alkanes of at least 4 members (excludes halogenated alkanes) is 5. The van der Waals surface area contributed by atoms with Crippen LogP contribution in [0.25, 0.3) is 0 Å². The number of carbonyl (C=O) groups is 2. The molecule has 0 aliphatic heterocycles. The molecule has 0 bridgehead atoms. The summed E-state index contributed by atoms with van der Waals surface area (Å²) >= 11 is 0. The smallest absolute Gasteiger partial charge is 0.331 e. The van der Waals surface area contributed by atoms with Crippen molar-refractivity contribution >= 4 is 11.9 Å². The maximum Gasteiger partial charge on any atom is 0.331 e. The van der Waals surface area contributed by atoms with Crippen molar-refractivity contribution in [2.45, 2.75) is 345 Å². The third-order valence-corrected chi connectivity index (χ3v) is 27.5. The second kappa shape index (κ2) is 35.3. The second-order valence-electron chi connectivity index (χ2n) is 32.8. The second-order valence-corrected chi connectivity index (χ2v) is 32.8. The fraction of sp³-hybridized carbons (Fsp3) is 0.791. The molecule has 6 heteroatoms. The fourth-order valence-electron chi connectivity index (χ4n) is 21.7. The van der Waals surface area contributed by atoms with Gasteiger partial charge in [-0.25, -0.2) is 9.59 Å². The van der Waals surface area contributed by atoms with Gasteiger partial charge in [0.2, 0.25) is 0 Å². The lowest BCUT2D eigenvalue weighted by Gasteiger charge is -2.45. The SMILES string of the molecule is C=CC(=O)OC1(c2ccc(C3(OCCCCCCCCOC4(c5ccc(C6(OC(=O)C=C)CCC(C7CCC(CCC)CC7)CC6)cc5)CCC(C5CCC(CCC)CC5)CC4)CCC(C4CCC(CCC)CC4)CC3)cc2)CCC(C2CCC(CCC)CC2)CC1. The van der Waals surface area contributed by atoms with E-state index in [1.807, 2.05) is 0 Å². The molecule has 92 heavy (non-hydrogen) atoms. The third-order valence-electron chi connectivity index (χ3n) is 27.5. The quantitative estimate of drug-likeness (QED) is 0.0426. The molecule has 8 aliphatic rings. The molecule has 6 nitrogen and oxygen atoms in total. The fourth-order valence-corrected chi connectivity index (χ4v) is 21.7. The Balaban J connectivity index is 0.739. The van der Waals surface area contributed by atoms with Gasteiger partial charge in [-0.1, -0.05) is 218 Å². The van der Waals surface area contributed by atoms with E-state index < -0.39 is 11.2 Å². The number of benzene rings is 2. The van der Waals surface area contributed by atoms with Crippen LogP contribution in [-0.2, 0) is 50.9 Å². The van der Waals surface area contributed by atoms with Gasteiger partial charge < -0.3 is 18.9 Å². The molecule has 8 aliphatic carbocycles. The molecule has 0 N–H and O–H groups in total. The monoisotopic (exact) mass is 1260 g/mol. The van der Waals surface area contributed by atoms with Crippen molar-refractivity contribution in [3.05, 3.63) is 96.1 Å². The maximum atomic E-state index is 13.1. The van der Waals surface area contributed by atoms with Gasteiger partial charge in [-0.3, -0.25) is 0 Å². The van der Waals surface area contributed by atoms with Gasteiger partial charge in [0.25, 0.3) is 0 Å². The summed E-state index contributed by atoms with van der Waals surface area (Å²) in [6.45, 7) is 18.7. The minimum absolute atomic E-state index is 0.263. The number of rotatable bonds is 31. The number of esters is 2. The molecule has 514 valence electrons. The molecule has 8 saturated carbocycles. The molecule has 8 fully saturated rings. The average Bonchev–Trinajstić information content (AvgIpc) is 1.06. The predicted octanol–water partition coefficient (Wildman–Crippen LogP) is 24.2. The van der Waals surface area contributed by atoms with E-state index in [0.29, 0.717) is 0 Å². The first kappa shape index (κ1) is 71.5. The van der Waals surface area contributed by atoms with Crippen LogP contribution in [0.2, 0.25) is 0 Å². The minimum Gasteiger partial charge on any atom is -0.451 e. The van der Waals surface area contributed by atoms with Gasteiger partial charge in [-0.2, -0.15) is 0 Å². The molecule has 0 unspecified atom stereocenters. The molecule has 2 aromatic carbocycles. The summed E-state index contributed by atoms with van der Waals surface area (Å²) in [6.07, 6.45) is 60.7. The van der Waals surface area contributed by atoms with E-state index in [1.54, 1.807) is 0 Å². The van der Waals surface area contributed by atoms with Crippen LogP contribution in [0.5, 0.6) is 0 Å². The van der Waals surface area contributed by atoms with Crippen LogP contribution >= 0.6 is 0 Å². The largest absolute Gasteiger partial charge is 0.451 e. The van der Waals surface area contributed by atoms with Gasteiger partial charge in [0.05, 0.1) is 11.2 Å². The summed E-state index contributed by atoms with van der Waals surface area (Å²) in [5, 5.41) is 0. The van der Waals surface area contributed by atoms with Crippen LogP contribution < -0.4 is 0 Å². The maximum absolute atomic E-state index is 13.1. The highest BCUT2D eigenvalue weighted by molar-refractivity contribution is 5.82. The lowest BCUT2D eigenvalue weighted by atomic mass is 9.65. The number of hydrogen-bond donors (Lipinski definition) is 0. The standard InChI is InChI=1S/C86H134O6/c1-7-19-65-23-31-69(32-24-65)73-47-55-83(56-48-73,77-39-43-79(44-40-77)85(91-81(87)11-5)59-51-75(52-60-85)71-35-27-67(21-9-3)28-36-71)89-63-17-15-13-14-16-18-64-90-84(57-49-74(50-58-84)70-33-25-66(20-8-2)26-34-70)78-41-45-80(46-42-78)86(92-82(88)12-6)61-53-76(54-62-86)72-37-29-68(22-10-4)30-38-72/h11-12,39-46,65-76H,5-10,13-38,47-64H2,1-4H3. The zero-order valence-corrected chi connectivity index (χ0v) is 59.5. The highest BCUT2D eigenvalue weighted by Crippen LogP contribution is 2.54. The van der Waals surface area contributed by atoms with Gasteiger partial charge in [-0.15, -0.1) is 0 Å². The van der Waals surface area contributed by atoms with Crippen molar-refractivity contribution < 1.29 is 28.5 Å². The van der Waals surface area contributed by atoms with Crippen molar-refractivity contribution in [3.63, 3.8) is 0 Å². The number of carbonyl (C=O) groups excluding carboxylic acids is 2. The molecule has 0 saturated heterocycles. The van der Waals surface area contributed by atoms with Crippen molar-refractivity contribution in [3.8, 4) is 0 Å². The van der Waals surface area contributed by atoms with Crippen LogP contribution in [0.15, 0.2) is 73.8 Å². The number of hydrogen-bond acceptors (Lipinski definition) is 6. The zero-order valence-electron chi connectivity index (χ0n) is 59.5. The molecule has 0 atom stereocenters. The first-order chi connectivity index (χ1) is 45.0. The van der Waals surface area contributed by atoms with Crippen LogP contribution in [0.3, 0.4) is 0 Å². The Labute approximate surface area is 563 Å². The van der Waals surface area contributed by atoms with Gasteiger partial charge in [0.15, 0.2) is 0 Å². The van der Waals surface area contributed by atoms with E-state index >= 15 is 0 Å². The average molecular weight is 1260 g/mol. The first-order valence-electron chi connectivity index (χ1n) is 40.2. The van der Waals surface area contributed by atoms with Crippen molar-refractivity contribution in [1.29, 1.82) is 0 Å². The summed E-state index contributed by atoms with van der Waals surface area (Å²) < 4.78 is 27.6. The topological polar surface area (TPSA) is 71.1 Å². The summed E-state index contributed by atoms with van der Waals surface area (Å²) in [5.41, 5.74) is 3.27. The molecule has 2 aromatic rings. The minimum atomic E-state index is -0.588. The van der Waals surface area contributed by atoms with Crippen molar-refractivity contribution in [2.24, 2.45) is 71.0 Å². The molecular formula is C86H134O6. The Kier molecular flexibility index (Phi) is 27.5. The Morgan fingerprint density at radius 3 is 0.761 bits per heavy atom. The summed E-state index contributed by atoms with van der Waals surface area (Å²) in [7, 11) is 0. The summed E-state index contributed by atoms with van der Waals surface area (Å²) in [6, 6.07) is 18.8. The van der Waals surface area contributed by atoms with Gasteiger partial charge >= 0.3 is 11.9 Å². The van der Waals surface area contributed by atoms with Gasteiger partial charge in [0.1, 0.15) is 11.2 Å². The Bertz CT molecular complexity index is 2290. The Hall–Kier alpha value is -3.22. The van der Waals surface area contributed by atoms with E-state index in [4.69, 9.17) is 18.9 Å². The third kappa shape index (κ3) is 18.5. The molecule has 0 amide bonds. The molecule has 0 radical (unpaired) electrons. The van der Waals surface area contributed by atoms with Crippen LogP contribution in [-0.4, -0.2) is 25.2 Å². The first-order valence-corrected chi connectivity index (χ1v) is 40.2. The van der Waals surface area contributed by atoms with E-state index in [9.17, 15) is 9.59 Å². The van der Waals surface area contributed by atoms with E-state index in [1.165, 1.54) is 229 Å². The van der Waals surface area contributed by atoms with E-state index in [2.05, 4.69) is 89.4 Å². The zero-order chi connectivity index (χ0) is 64.2. The van der Waals surface area contributed by atoms with Crippen LogP contribution in [0, 0.1) is 71.0 Å². The van der Waals surface area contributed by atoms with E-state index in [-0.39, 0.29) is 23.1 Å². The molecule has 0 spiro atoms. The highest BCUT2D eigenvalue weighted by atomic mass is 16.6. The summed E-state index contributed by atoms with van der Waals surface area (Å²) in [5.74, 6) is 9.65. The normalized spacial score (nSPS) is 35.6. The van der Waals surface area contributed by atoms with Crippen LogP contribution in [0.4, 0.5) is 0 Å². The van der Waals surface area contributed by atoms with Crippen molar-refractivity contribution in [1.82, 2.24) is 0 Å². The van der Waals surface area contributed by atoms with Gasteiger partial charge in [-0.05, 0) is 260 Å².